The topological polar surface area (TPSA) is 631 Å². The van der Waals surface area contributed by atoms with E-state index < -0.39 is 162 Å². The second-order valence-electron chi connectivity index (χ2n) is 21.8. The Labute approximate surface area is 529 Å². The largest absolute Gasteiger partial charge is 0.357 e. The molecule has 92 heavy (non-hydrogen) atoms. The Morgan fingerprint density at radius 3 is 0.935 bits per heavy atom. The number of carbonyl (C=O) groups excluding carboxylic acids is 9. The summed E-state index contributed by atoms with van der Waals surface area (Å²) in [6.45, 7) is 3.75. The molecule has 0 saturated carbocycles. The fourth-order valence-electron chi connectivity index (χ4n) is 8.51. The van der Waals surface area contributed by atoms with Crippen molar-refractivity contribution in [3.05, 3.63) is 35.7 Å². The fraction of sp³-hybridized carbons (Fsp3) is 0.694. The van der Waals surface area contributed by atoms with Gasteiger partial charge >= 0.3 is 22.8 Å². The van der Waals surface area contributed by atoms with Gasteiger partial charge in [-0.05, 0) is 98.2 Å². The molecule has 40 nitrogen and oxygen atoms in total. The van der Waals surface area contributed by atoms with E-state index in [1.165, 1.54) is 46.4 Å². The van der Waals surface area contributed by atoms with Gasteiger partial charge in [-0.1, -0.05) is 15.6 Å². The smallest absolute Gasteiger partial charge is 0.327 e. The molecule has 0 aromatic carbocycles. The summed E-state index contributed by atoms with van der Waals surface area (Å²) < 4.78 is 37.9. The molecule has 518 valence electrons. The first-order chi connectivity index (χ1) is 43.1. The van der Waals surface area contributed by atoms with E-state index in [0.29, 0.717) is 32.1 Å². The third kappa shape index (κ3) is 30.6. The average molecular weight is 1370 g/mol. The summed E-state index contributed by atoms with van der Waals surface area (Å²) in [5.74, 6) is -7.90. The van der Waals surface area contributed by atoms with Gasteiger partial charge in [0, 0.05) is 44.9 Å². The third-order valence-electron chi connectivity index (χ3n) is 13.7. The number of hydrogen-bond acceptors (Lipinski definition) is 22. The first-order valence-corrected chi connectivity index (χ1v) is 34.8. The van der Waals surface area contributed by atoms with Crippen LogP contribution in [0.2, 0.25) is 0 Å². The summed E-state index contributed by atoms with van der Waals surface area (Å²) in [7, 11) is -12.1. The van der Waals surface area contributed by atoms with E-state index >= 15 is 0 Å². The summed E-state index contributed by atoms with van der Waals surface area (Å²) >= 11 is 0. The van der Waals surface area contributed by atoms with E-state index in [4.69, 9.17) is 22.9 Å². The van der Waals surface area contributed by atoms with Crippen molar-refractivity contribution in [1.29, 1.82) is 0 Å². The van der Waals surface area contributed by atoms with Crippen LogP contribution in [-0.2, 0) is 95.7 Å². The van der Waals surface area contributed by atoms with E-state index in [2.05, 4.69) is 78.8 Å². The summed E-state index contributed by atoms with van der Waals surface area (Å²) in [5, 5.41) is 46.2. The minimum Gasteiger partial charge on any atom is -0.357 e. The lowest BCUT2D eigenvalue weighted by atomic mass is 10.0. The maximum absolute atomic E-state index is 14.5. The minimum atomic E-state index is -4.51. The van der Waals surface area contributed by atoms with Crippen LogP contribution in [0.4, 0.5) is 0 Å². The minimum absolute atomic E-state index is 0.00263. The predicted molar refractivity (Wildman–Crippen MR) is 325 cm³/mol. The van der Waals surface area contributed by atoms with Crippen molar-refractivity contribution in [3.63, 3.8) is 0 Å². The maximum Gasteiger partial charge on any atom is 0.327 e. The van der Waals surface area contributed by atoms with Crippen molar-refractivity contribution in [1.82, 2.24) is 92.8 Å². The van der Waals surface area contributed by atoms with E-state index in [0.717, 1.165) is 14.0 Å². The Balaban J connectivity index is 1.93. The van der Waals surface area contributed by atoms with Gasteiger partial charge in [0.25, 0.3) is 0 Å². The van der Waals surface area contributed by atoms with Crippen molar-refractivity contribution in [2.75, 3.05) is 45.2 Å². The second-order valence-corrected chi connectivity index (χ2v) is 27.1. The molecule has 9 atom stereocenters. The summed E-state index contributed by atoms with van der Waals surface area (Å²) in [5.41, 5.74) is 23.1. The monoisotopic (exact) mass is 1370 g/mol. The van der Waals surface area contributed by atoms with Gasteiger partial charge in [-0.15, -0.1) is 15.3 Å². The SMILES string of the molecule is CNC(=O)[C@H](Cc1cn(CCP(=O)(O)O)nn1)NC(=O)[C@H](CCCCN)NC(=O)[C@H](C)NC(=O)[C@H](Cc1cn(CCP(=O)(O)O)nn1)NC(=O)[C@H](CCCCN)NC(=O)[C@H](C)NC(=O)[C@H](Cc1cn(CCP(=O)(O)O)nn1)NC(=O)[C@H](CCCCN)NC(=O)[C@H](C)N. The number of hydrogen-bond donors (Lipinski definition) is 19. The van der Waals surface area contributed by atoms with Crippen LogP contribution in [0.3, 0.4) is 0 Å². The van der Waals surface area contributed by atoms with E-state index in [1.54, 1.807) is 0 Å². The molecule has 3 aromatic heterocycles. The molecule has 43 heteroatoms. The van der Waals surface area contributed by atoms with Crippen LogP contribution in [0.25, 0.3) is 0 Å². The van der Waals surface area contributed by atoms with Crippen LogP contribution in [0.15, 0.2) is 18.6 Å². The van der Waals surface area contributed by atoms with Crippen LogP contribution in [-0.4, -0.2) is 227 Å². The lowest BCUT2D eigenvalue weighted by Crippen LogP contribution is -2.60. The molecule has 3 aromatic rings. The van der Waals surface area contributed by atoms with Crippen molar-refractivity contribution in [3.8, 4) is 0 Å². The zero-order valence-electron chi connectivity index (χ0n) is 51.5. The Morgan fingerprint density at radius 1 is 0.413 bits per heavy atom. The Hall–Kier alpha value is -7.06. The van der Waals surface area contributed by atoms with Gasteiger partial charge in [-0.25, -0.2) is 0 Å². The van der Waals surface area contributed by atoms with Crippen molar-refractivity contribution in [2.24, 2.45) is 22.9 Å². The predicted octanol–water partition coefficient (Wildman–Crippen LogP) is -7.58. The molecule has 0 fully saturated rings. The summed E-state index contributed by atoms with van der Waals surface area (Å²) in [6.07, 6.45) is 3.02. The zero-order valence-corrected chi connectivity index (χ0v) is 54.2. The van der Waals surface area contributed by atoms with E-state index in [1.807, 2.05) is 0 Å². The first-order valence-electron chi connectivity index (χ1n) is 29.5. The van der Waals surface area contributed by atoms with E-state index in [9.17, 15) is 86.2 Å². The van der Waals surface area contributed by atoms with Crippen LogP contribution in [0.1, 0.15) is 95.6 Å². The fourth-order valence-corrected chi connectivity index (χ4v) is 9.91. The average Bonchev–Trinajstić information content (AvgIpc) is 1.54. The molecular weight excluding hydrogens is 1280 g/mol. The third-order valence-corrected chi connectivity index (χ3v) is 16.0. The molecule has 23 N–H and O–H groups in total. The number of amides is 9. The van der Waals surface area contributed by atoms with Gasteiger partial charge in [0.05, 0.1) is 61.2 Å². The molecule has 0 aliphatic rings. The number of nitrogens with one attached hydrogen (secondary N) is 9. The highest BCUT2D eigenvalue weighted by molar-refractivity contribution is 7.52. The number of likely N-dealkylation sites (N-methyl/N-ethyl adjacent to an activating group) is 1. The van der Waals surface area contributed by atoms with Gasteiger partial charge in [0.1, 0.15) is 48.3 Å². The van der Waals surface area contributed by atoms with Gasteiger partial charge < -0.3 is 100 Å². The molecule has 0 aliphatic carbocycles. The van der Waals surface area contributed by atoms with Gasteiger partial charge in [0.2, 0.25) is 53.2 Å². The number of nitrogens with two attached hydrogens (primary N) is 4. The molecule has 0 saturated heterocycles. The van der Waals surface area contributed by atoms with Gasteiger partial charge in [0.15, 0.2) is 0 Å². The van der Waals surface area contributed by atoms with Crippen LogP contribution in [0, 0.1) is 0 Å². The molecule has 0 aliphatic heterocycles. The number of unbranched alkanes of at least 4 members (excludes halogenated alkanes) is 3. The Kier molecular flexibility index (Phi) is 33.4. The van der Waals surface area contributed by atoms with Crippen molar-refractivity contribution in [2.45, 2.75) is 172 Å². The molecule has 0 bridgehead atoms. The lowest BCUT2D eigenvalue weighted by molar-refractivity contribution is -0.135. The normalized spacial score (nSPS) is 14.8. The molecular formula is C49H89N22O18P3. The zero-order chi connectivity index (χ0) is 68.9. The molecule has 9 amide bonds. The van der Waals surface area contributed by atoms with Crippen LogP contribution < -0.4 is 70.8 Å². The molecule has 0 spiro atoms. The molecule has 3 heterocycles. The highest BCUT2D eigenvalue weighted by Gasteiger charge is 2.35. The molecule has 0 unspecified atom stereocenters. The van der Waals surface area contributed by atoms with Crippen molar-refractivity contribution >= 4 is 76.0 Å². The summed E-state index contributed by atoms with van der Waals surface area (Å²) in [4.78, 5) is 181. The number of nitrogens with zero attached hydrogens (tertiary/aromatic N) is 9. The van der Waals surface area contributed by atoms with Crippen molar-refractivity contribution < 1.29 is 86.2 Å². The quantitative estimate of drug-likeness (QED) is 0.0185. The molecule has 0 radical (unpaired) electrons. The molecule has 3 rings (SSSR count). The number of aryl methyl sites for hydroxylation is 3. The Morgan fingerprint density at radius 2 is 0.674 bits per heavy atom. The highest BCUT2D eigenvalue weighted by atomic mass is 31.2. The Bertz CT molecular complexity index is 3060. The number of rotatable bonds is 44. The van der Waals surface area contributed by atoms with Gasteiger partial charge in [-0.2, -0.15) is 0 Å². The van der Waals surface area contributed by atoms with Crippen LogP contribution in [0.5, 0.6) is 0 Å². The number of aromatic nitrogens is 9. The lowest BCUT2D eigenvalue weighted by Gasteiger charge is -2.27. The van der Waals surface area contributed by atoms with Crippen LogP contribution >= 0.6 is 22.8 Å². The highest BCUT2D eigenvalue weighted by Crippen LogP contribution is 2.35. The number of carbonyl (C=O) groups is 9. The summed E-state index contributed by atoms with van der Waals surface area (Å²) in [6, 6.07) is -12.5. The first kappa shape index (κ1) is 79.2. The second kappa shape index (κ2) is 38.8. The van der Waals surface area contributed by atoms with Gasteiger partial charge in [-0.3, -0.25) is 70.9 Å². The maximum atomic E-state index is 14.5. The standard InChI is InChI=1S/C49H89N22O18P3/c1-29(53)41(72)57-35(11-5-8-14-50)45(76)61-39(24-33-27-70(67-64-33)18-21-91(84,85)86)48(79)55-31(3)43(74)59-37(13-7-10-16-52)47(78)62-40(25-34-28-71(68-65-34)19-22-92(87,88)89)49(80)56-30(2)42(73)58-36(12-6-9-15-51)46(77)60-38(44(75)54-4)23-32-26-69(66-63-32)17-20-90(81,82)83/h26-31,35-40H,5-25,50-53H2,1-4H3,(H,54,75)(H,55,79)(H,56,80)(H,57,72)(H,58,73)(H,59,74)(H,60,77)(H,61,76)(H,62,78)(H2,81,82,83)(H2,84,85,86)(H2,87,88,89)/t29-,30-,31-,35-,36-,37-,38-,39-,40-/m0/s1. The van der Waals surface area contributed by atoms with E-state index in [-0.39, 0.29) is 88.5 Å².